The minimum absolute atomic E-state index is 0.114. The van der Waals surface area contributed by atoms with E-state index in [1.165, 1.54) is 0 Å². The smallest absolute Gasteiger partial charge is 0.269 e. The van der Waals surface area contributed by atoms with Crippen LogP contribution in [0.25, 0.3) is 0 Å². The number of nitrogens with zero attached hydrogens (tertiary/aromatic N) is 2. The zero-order valence-electron chi connectivity index (χ0n) is 13.6. The van der Waals surface area contributed by atoms with Crippen LogP contribution < -0.4 is 22.1 Å². The fourth-order valence-corrected chi connectivity index (χ4v) is 2.94. The molecule has 0 spiro atoms. The Morgan fingerprint density at radius 3 is 2.79 bits per heavy atom. The molecule has 8 heteroatoms. The van der Waals surface area contributed by atoms with Crippen LogP contribution in [0.1, 0.15) is 41.9 Å². The van der Waals surface area contributed by atoms with E-state index < -0.39 is 5.91 Å². The Bertz CT molecular complexity index is 729. The lowest BCUT2D eigenvalue weighted by molar-refractivity contribution is 0.0996. The quantitative estimate of drug-likeness (QED) is 0.658. The summed E-state index contributed by atoms with van der Waals surface area (Å²) in [5.41, 5.74) is 13.7. The molecule has 3 rings (SSSR count). The van der Waals surface area contributed by atoms with Crippen molar-refractivity contribution in [3.05, 3.63) is 29.7 Å². The molecule has 8 nitrogen and oxygen atoms in total. The van der Waals surface area contributed by atoms with E-state index in [1.807, 2.05) is 6.92 Å². The van der Waals surface area contributed by atoms with Crippen molar-refractivity contribution in [3.63, 3.8) is 0 Å². The summed E-state index contributed by atoms with van der Waals surface area (Å²) in [5.74, 6) is -0.196. The van der Waals surface area contributed by atoms with Gasteiger partial charge in [0, 0.05) is 18.2 Å². The van der Waals surface area contributed by atoms with Crippen LogP contribution >= 0.6 is 0 Å². The third-order valence-electron chi connectivity index (χ3n) is 4.18. The third kappa shape index (κ3) is 3.65. The highest BCUT2D eigenvalue weighted by Gasteiger charge is 2.22. The summed E-state index contributed by atoms with van der Waals surface area (Å²) in [7, 11) is 0. The molecule has 1 fully saturated rings. The van der Waals surface area contributed by atoms with E-state index in [2.05, 4.69) is 20.8 Å². The summed E-state index contributed by atoms with van der Waals surface area (Å²) in [6, 6.07) is 3.82. The van der Waals surface area contributed by atoms with Crippen LogP contribution in [0.15, 0.2) is 22.9 Å². The lowest BCUT2D eigenvalue weighted by Crippen LogP contribution is -2.42. The van der Waals surface area contributed by atoms with Crippen molar-refractivity contribution in [2.45, 2.75) is 44.7 Å². The third-order valence-corrected chi connectivity index (χ3v) is 4.18. The molecule has 2 aromatic rings. The summed E-state index contributed by atoms with van der Waals surface area (Å²) in [5, 5.41) is 10.2. The fraction of sp³-hybridized carbons (Fsp3) is 0.438. The summed E-state index contributed by atoms with van der Waals surface area (Å²) in [4.78, 5) is 15.8. The number of anilines is 3. The molecule has 128 valence electrons. The highest BCUT2D eigenvalue weighted by atomic mass is 16.5. The number of amides is 1. The van der Waals surface area contributed by atoms with Crippen molar-refractivity contribution in [3.8, 4) is 0 Å². The summed E-state index contributed by atoms with van der Waals surface area (Å²) < 4.78 is 5.13. The second-order valence-corrected chi connectivity index (χ2v) is 6.14. The number of primary amides is 1. The van der Waals surface area contributed by atoms with Crippen molar-refractivity contribution in [2.24, 2.45) is 11.5 Å². The van der Waals surface area contributed by atoms with Crippen LogP contribution in [0.4, 0.5) is 17.3 Å². The molecule has 0 aromatic carbocycles. The molecule has 2 aromatic heterocycles. The van der Waals surface area contributed by atoms with E-state index >= 15 is 0 Å². The fourth-order valence-electron chi connectivity index (χ4n) is 2.94. The molecule has 2 atom stereocenters. The first-order valence-corrected chi connectivity index (χ1v) is 8.05. The number of nitrogens with one attached hydrogen (secondary N) is 2. The Labute approximate surface area is 140 Å². The molecule has 1 aliphatic carbocycles. The SMILES string of the molecule is Cc1cc(Nc2cc(N[C@@H]3CCCC[C@@H]3N)cnc2C(N)=O)on1. The minimum atomic E-state index is -0.616. The maximum atomic E-state index is 11.6. The van der Waals surface area contributed by atoms with Gasteiger partial charge in [0.25, 0.3) is 5.91 Å². The van der Waals surface area contributed by atoms with Crippen LogP contribution in [-0.4, -0.2) is 28.1 Å². The maximum Gasteiger partial charge on any atom is 0.269 e. The standard InChI is InChI=1S/C16H22N6O2/c1-9-6-14(24-22-9)21-13-7-10(8-19-15(13)16(18)23)20-12-5-3-2-4-11(12)17/h6-8,11-12,20-21H,2-5,17H2,1H3,(H2,18,23)/t11-,12+/m0/s1. The summed E-state index contributed by atoms with van der Waals surface area (Å²) in [6.45, 7) is 1.81. The Hall–Kier alpha value is -2.61. The normalized spacial score (nSPS) is 20.6. The number of hydrogen-bond donors (Lipinski definition) is 4. The number of pyridine rings is 1. The molecule has 1 saturated carbocycles. The number of carbonyl (C=O) groups is 1. The number of aromatic nitrogens is 2. The van der Waals surface area contributed by atoms with Crippen LogP contribution in [0.5, 0.6) is 0 Å². The first kappa shape index (κ1) is 16.3. The topological polar surface area (TPSA) is 132 Å². The number of aryl methyl sites for hydroxylation is 1. The Balaban J connectivity index is 1.83. The molecule has 0 radical (unpaired) electrons. The number of hydrogen-bond acceptors (Lipinski definition) is 7. The van der Waals surface area contributed by atoms with E-state index in [1.54, 1.807) is 18.3 Å². The number of nitrogens with two attached hydrogens (primary N) is 2. The Morgan fingerprint density at radius 2 is 2.12 bits per heavy atom. The lowest BCUT2D eigenvalue weighted by atomic mass is 9.91. The molecule has 0 aliphatic heterocycles. The Morgan fingerprint density at radius 1 is 1.33 bits per heavy atom. The largest absolute Gasteiger partial charge is 0.379 e. The zero-order chi connectivity index (χ0) is 17.1. The number of rotatable bonds is 5. The average molecular weight is 330 g/mol. The van der Waals surface area contributed by atoms with Gasteiger partial charge >= 0.3 is 0 Å². The highest BCUT2D eigenvalue weighted by molar-refractivity contribution is 5.97. The molecule has 0 unspecified atom stereocenters. The van der Waals surface area contributed by atoms with Gasteiger partial charge in [0.15, 0.2) is 5.69 Å². The van der Waals surface area contributed by atoms with Gasteiger partial charge in [0.05, 0.1) is 23.3 Å². The number of carbonyl (C=O) groups excluding carboxylic acids is 1. The average Bonchev–Trinajstić information content (AvgIpc) is 2.94. The van der Waals surface area contributed by atoms with Crippen molar-refractivity contribution >= 4 is 23.2 Å². The molecular formula is C16H22N6O2. The summed E-state index contributed by atoms with van der Waals surface area (Å²) >= 11 is 0. The van der Waals surface area contributed by atoms with Gasteiger partial charge in [0.2, 0.25) is 5.88 Å². The monoisotopic (exact) mass is 330 g/mol. The van der Waals surface area contributed by atoms with Crippen molar-refractivity contribution < 1.29 is 9.32 Å². The van der Waals surface area contributed by atoms with Gasteiger partial charge in [-0.05, 0) is 25.8 Å². The minimum Gasteiger partial charge on any atom is -0.379 e. The van der Waals surface area contributed by atoms with Crippen molar-refractivity contribution in [1.29, 1.82) is 0 Å². The summed E-state index contributed by atoms with van der Waals surface area (Å²) in [6.07, 6.45) is 5.93. The zero-order valence-corrected chi connectivity index (χ0v) is 13.6. The molecule has 6 N–H and O–H groups in total. The second kappa shape index (κ2) is 6.88. The molecule has 0 bridgehead atoms. The van der Waals surface area contributed by atoms with Gasteiger partial charge < -0.3 is 26.6 Å². The van der Waals surface area contributed by atoms with Crippen molar-refractivity contribution in [2.75, 3.05) is 10.6 Å². The molecule has 2 heterocycles. The predicted octanol–water partition coefficient (Wildman–Crippen LogP) is 1.90. The predicted molar refractivity (Wildman–Crippen MR) is 91.1 cm³/mol. The lowest BCUT2D eigenvalue weighted by Gasteiger charge is -2.30. The Kier molecular flexibility index (Phi) is 4.66. The van der Waals surface area contributed by atoms with Crippen LogP contribution in [0.2, 0.25) is 0 Å². The van der Waals surface area contributed by atoms with Crippen LogP contribution in [-0.2, 0) is 0 Å². The van der Waals surface area contributed by atoms with E-state index in [4.69, 9.17) is 16.0 Å². The van der Waals surface area contributed by atoms with Gasteiger partial charge in [-0.2, -0.15) is 0 Å². The highest BCUT2D eigenvalue weighted by Crippen LogP contribution is 2.26. The van der Waals surface area contributed by atoms with E-state index in [9.17, 15) is 4.79 Å². The second-order valence-electron chi connectivity index (χ2n) is 6.14. The molecule has 1 aliphatic rings. The van der Waals surface area contributed by atoms with E-state index in [0.717, 1.165) is 37.1 Å². The van der Waals surface area contributed by atoms with E-state index in [0.29, 0.717) is 11.6 Å². The van der Waals surface area contributed by atoms with Gasteiger partial charge in [-0.1, -0.05) is 18.0 Å². The first-order valence-electron chi connectivity index (χ1n) is 8.05. The van der Waals surface area contributed by atoms with Crippen LogP contribution in [0.3, 0.4) is 0 Å². The molecular weight excluding hydrogens is 308 g/mol. The molecule has 1 amide bonds. The molecule has 24 heavy (non-hydrogen) atoms. The van der Waals surface area contributed by atoms with E-state index in [-0.39, 0.29) is 17.8 Å². The maximum absolute atomic E-state index is 11.6. The first-order chi connectivity index (χ1) is 11.5. The van der Waals surface area contributed by atoms with Gasteiger partial charge in [-0.25, -0.2) is 4.98 Å². The van der Waals surface area contributed by atoms with Crippen LogP contribution in [0, 0.1) is 6.92 Å². The van der Waals surface area contributed by atoms with Gasteiger partial charge in [-0.3, -0.25) is 4.79 Å². The van der Waals surface area contributed by atoms with Gasteiger partial charge in [-0.15, -0.1) is 0 Å². The van der Waals surface area contributed by atoms with Crippen molar-refractivity contribution in [1.82, 2.24) is 10.1 Å². The molecule has 0 saturated heterocycles. The van der Waals surface area contributed by atoms with Gasteiger partial charge in [0.1, 0.15) is 0 Å².